The normalized spacial score (nSPS) is 46.8. The molecule has 10 heavy (non-hydrogen) atoms. The molecule has 0 aromatic carbocycles. The van der Waals surface area contributed by atoms with Gasteiger partial charge in [-0.3, -0.25) is 0 Å². The molecule has 0 unspecified atom stereocenters. The van der Waals surface area contributed by atoms with Gasteiger partial charge in [-0.15, -0.1) is 12.4 Å². The quantitative estimate of drug-likeness (QED) is 0.346. The van der Waals surface area contributed by atoms with E-state index in [-0.39, 0.29) is 18.8 Å². The van der Waals surface area contributed by atoms with Crippen molar-refractivity contribution in [1.29, 1.82) is 0 Å². The highest BCUT2D eigenvalue weighted by atomic mass is 35.5. The second kappa shape index (κ2) is 3.50. The monoisotopic (exact) mass is 169 g/mol. The summed E-state index contributed by atoms with van der Waals surface area (Å²) in [5.74, 6) is 0. The van der Waals surface area contributed by atoms with Crippen LogP contribution in [0.2, 0.25) is 0 Å². The van der Waals surface area contributed by atoms with Gasteiger partial charge in [-0.05, 0) is 6.42 Å². The molecule has 0 bridgehead atoms. The highest BCUT2D eigenvalue weighted by Crippen LogP contribution is 2.18. The molecule has 1 aliphatic rings. The van der Waals surface area contributed by atoms with Crippen molar-refractivity contribution in [3.05, 3.63) is 0 Å². The van der Waals surface area contributed by atoms with E-state index in [9.17, 15) is 0 Å². The SMILES string of the molecule is Cl.N[C@@H]1C[C@H](O)[C@H](O)[C@H]1O. The highest BCUT2D eigenvalue weighted by molar-refractivity contribution is 5.85. The standard InChI is InChI=1S/C5H11NO3.ClH/c6-2-1-3(7)5(9)4(2)8;/h2-5,7-9H,1,6H2;1H/t2-,3+,4+,5+;/m1./s1. The van der Waals surface area contributed by atoms with Gasteiger partial charge in [0.2, 0.25) is 0 Å². The molecule has 5 N–H and O–H groups in total. The van der Waals surface area contributed by atoms with Gasteiger partial charge >= 0.3 is 0 Å². The molecule has 0 aliphatic heterocycles. The van der Waals surface area contributed by atoms with Crippen LogP contribution >= 0.6 is 12.4 Å². The average molecular weight is 170 g/mol. The minimum Gasteiger partial charge on any atom is -0.390 e. The van der Waals surface area contributed by atoms with Crippen LogP contribution in [-0.4, -0.2) is 39.7 Å². The largest absolute Gasteiger partial charge is 0.390 e. The Kier molecular flexibility index (Phi) is 3.55. The summed E-state index contributed by atoms with van der Waals surface area (Å²) in [4.78, 5) is 0. The van der Waals surface area contributed by atoms with Gasteiger partial charge in [0.05, 0.1) is 12.2 Å². The van der Waals surface area contributed by atoms with E-state index < -0.39 is 24.4 Å². The summed E-state index contributed by atoms with van der Waals surface area (Å²) in [6, 6.07) is -0.477. The van der Waals surface area contributed by atoms with E-state index in [2.05, 4.69) is 0 Å². The lowest BCUT2D eigenvalue weighted by Crippen LogP contribution is -2.36. The van der Waals surface area contributed by atoms with Crippen LogP contribution < -0.4 is 5.73 Å². The first-order valence-electron chi connectivity index (χ1n) is 2.92. The molecule has 0 aromatic rings. The third-order valence-corrected chi connectivity index (χ3v) is 1.70. The van der Waals surface area contributed by atoms with Crippen LogP contribution in [0.3, 0.4) is 0 Å². The van der Waals surface area contributed by atoms with Gasteiger partial charge in [0.15, 0.2) is 0 Å². The minimum absolute atomic E-state index is 0. The summed E-state index contributed by atoms with van der Waals surface area (Å²) in [7, 11) is 0. The van der Waals surface area contributed by atoms with Crippen molar-refractivity contribution in [2.75, 3.05) is 0 Å². The fourth-order valence-electron chi connectivity index (χ4n) is 1.04. The first kappa shape index (κ1) is 10.1. The summed E-state index contributed by atoms with van der Waals surface area (Å²) in [6.45, 7) is 0. The molecule has 0 aromatic heterocycles. The third-order valence-electron chi connectivity index (χ3n) is 1.70. The molecule has 1 saturated carbocycles. The zero-order chi connectivity index (χ0) is 7.02. The summed E-state index contributed by atoms with van der Waals surface area (Å²) < 4.78 is 0. The predicted octanol–water partition coefficient (Wildman–Crippen LogP) is -1.78. The maximum Gasteiger partial charge on any atom is 0.107 e. The molecule has 4 nitrogen and oxygen atoms in total. The molecule has 0 amide bonds. The van der Waals surface area contributed by atoms with E-state index in [0.717, 1.165) is 0 Å². The van der Waals surface area contributed by atoms with Crippen molar-refractivity contribution in [3.63, 3.8) is 0 Å². The van der Waals surface area contributed by atoms with Crippen LogP contribution in [0.5, 0.6) is 0 Å². The molecular formula is C5H12ClNO3. The maximum absolute atomic E-state index is 8.90. The van der Waals surface area contributed by atoms with Gasteiger partial charge in [0, 0.05) is 6.04 Å². The Balaban J connectivity index is 0.000000810. The maximum atomic E-state index is 8.90. The molecule has 62 valence electrons. The van der Waals surface area contributed by atoms with E-state index in [1.807, 2.05) is 0 Å². The van der Waals surface area contributed by atoms with Crippen molar-refractivity contribution in [2.24, 2.45) is 5.73 Å². The van der Waals surface area contributed by atoms with Gasteiger partial charge in [0.1, 0.15) is 6.10 Å². The summed E-state index contributed by atoms with van der Waals surface area (Å²) in [5, 5.41) is 26.6. The van der Waals surface area contributed by atoms with E-state index in [0.29, 0.717) is 0 Å². The summed E-state index contributed by atoms with van der Waals surface area (Å²) in [5.41, 5.74) is 5.29. The second-order valence-electron chi connectivity index (χ2n) is 2.45. The van der Waals surface area contributed by atoms with E-state index in [1.165, 1.54) is 0 Å². The Hall–Kier alpha value is 0.130. The van der Waals surface area contributed by atoms with Gasteiger partial charge in [-0.1, -0.05) is 0 Å². The lowest BCUT2D eigenvalue weighted by atomic mass is 10.2. The molecule has 0 spiro atoms. The average Bonchev–Trinajstić information content (AvgIpc) is 1.98. The van der Waals surface area contributed by atoms with E-state index >= 15 is 0 Å². The lowest BCUT2D eigenvalue weighted by Gasteiger charge is -2.11. The molecule has 5 heteroatoms. The number of aliphatic hydroxyl groups is 3. The van der Waals surface area contributed by atoms with Crippen LogP contribution in [0.4, 0.5) is 0 Å². The first-order valence-corrected chi connectivity index (χ1v) is 2.92. The molecule has 4 atom stereocenters. The molecule has 1 rings (SSSR count). The molecule has 1 fully saturated rings. The van der Waals surface area contributed by atoms with Crippen LogP contribution in [0.15, 0.2) is 0 Å². The topological polar surface area (TPSA) is 86.7 Å². The first-order chi connectivity index (χ1) is 4.13. The lowest BCUT2D eigenvalue weighted by molar-refractivity contribution is -0.0205. The third kappa shape index (κ3) is 1.59. The number of rotatable bonds is 0. The minimum atomic E-state index is -1.06. The predicted molar refractivity (Wildman–Crippen MR) is 37.9 cm³/mol. The summed E-state index contributed by atoms with van der Waals surface area (Å²) in [6.07, 6.45) is -2.59. The Morgan fingerprint density at radius 3 is 1.70 bits per heavy atom. The van der Waals surface area contributed by atoms with Crippen molar-refractivity contribution in [2.45, 2.75) is 30.8 Å². The number of nitrogens with two attached hydrogens (primary N) is 1. The second-order valence-corrected chi connectivity index (χ2v) is 2.45. The van der Waals surface area contributed by atoms with Crippen molar-refractivity contribution >= 4 is 12.4 Å². The number of halogens is 1. The molecule has 0 saturated heterocycles. The fraction of sp³-hybridized carbons (Fsp3) is 1.00. The van der Waals surface area contributed by atoms with Gasteiger partial charge in [-0.25, -0.2) is 0 Å². The Morgan fingerprint density at radius 1 is 1.10 bits per heavy atom. The van der Waals surface area contributed by atoms with Crippen LogP contribution in [0.1, 0.15) is 6.42 Å². The molecular weight excluding hydrogens is 158 g/mol. The van der Waals surface area contributed by atoms with E-state index in [4.69, 9.17) is 21.1 Å². The van der Waals surface area contributed by atoms with Gasteiger partial charge in [0.25, 0.3) is 0 Å². The smallest absolute Gasteiger partial charge is 0.107 e. The molecule has 1 aliphatic carbocycles. The van der Waals surface area contributed by atoms with Crippen LogP contribution in [0, 0.1) is 0 Å². The highest BCUT2D eigenvalue weighted by Gasteiger charge is 2.38. The van der Waals surface area contributed by atoms with Crippen molar-refractivity contribution in [1.82, 2.24) is 0 Å². The van der Waals surface area contributed by atoms with Gasteiger partial charge < -0.3 is 21.1 Å². The zero-order valence-corrected chi connectivity index (χ0v) is 6.16. The van der Waals surface area contributed by atoms with Crippen molar-refractivity contribution < 1.29 is 15.3 Å². The van der Waals surface area contributed by atoms with E-state index in [1.54, 1.807) is 0 Å². The zero-order valence-electron chi connectivity index (χ0n) is 5.34. The van der Waals surface area contributed by atoms with Crippen LogP contribution in [0.25, 0.3) is 0 Å². The number of hydrogen-bond donors (Lipinski definition) is 4. The number of hydrogen-bond acceptors (Lipinski definition) is 4. The summed E-state index contributed by atoms with van der Waals surface area (Å²) >= 11 is 0. The molecule has 0 radical (unpaired) electrons. The fourth-order valence-corrected chi connectivity index (χ4v) is 1.04. The van der Waals surface area contributed by atoms with Gasteiger partial charge in [-0.2, -0.15) is 0 Å². The Morgan fingerprint density at radius 2 is 1.60 bits per heavy atom. The Bertz CT molecular complexity index is 101. The van der Waals surface area contributed by atoms with Crippen LogP contribution in [-0.2, 0) is 0 Å². The Labute approximate surface area is 65.1 Å². The number of aliphatic hydroxyl groups excluding tert-OH is 3. The van der Waals surface area contributed by atoms with Crippen molar-refractivity contribution in [3.8, 4) is 0 Å². The molecule has 0 heterocycles.